The van der Waals surface area contributed by atoms with Crippen LogP contribution < -0.4 is 5.32 Å². The number of aliphatic hydroxyl groups is 1. The van der Waals surface area contributed by atoms with Gasteiger partial charge in [-0.3, -0.25) is 0 Å². The Morgan fingerprint density at radius 3 is 2.95 bits per heavy atom. The van der Waals surface area contributed by atoms with Crippen LogP contribution >= 0.6 is 0 Å². The predicted molar refractivity (Wildman–Crippen MR) is 78.5 cm³/mol. The monoisotopic (exact) mass is 297 g/mol. The summed E-state index contributed by atoms with van der Waals surface area (Å²) in [7, 11) is 0. The van der Waals surface area contributed by atoms with Gasteiger partial charge in [0.25, 0.3) is 0 Å². The van der Waals surface area contributed by atoms with E-state index in [-0.39, 0.29) is 30.7 Å². The summed E-state index contributed by atoms with van der Waals surface area (Å²) < 4.78 is 24.3. The van der Waals surface area contributed by atoms with Crippen molar-refractivity contribution in [3.63, 3.8) is 0 Å². The van der Waals surface area contributed by atoms with Gasteiger partial charge in [-0.2, -0.15) is 0 Å². The van der Waals surface area contributed by atoms with Gasteiger partial charge in [-0.1, -0.05) is 18.2 Å². The minimum atomic E-state index is -0.624. The molecule has 0 radical (unpaired) electrons. The van der Waals surface area contributed by atoms with Crippen molar-refractivity contribution in [1.82, 2.24) is 5.32 Å². The lowest BCUT2D eigenvalue weighted by molar-refractivity contribution is 0.0200. The van der Waals surface area contributed by atoms with Gasteiger partial charge in [0.2, 0.25) is 0 Å². The second-order valence-electron chi connectivity index (χ2n) is 5.82. The summed E-state index contributed by atoms with van der Waals surface area (Å²) >= 11 is 0. The van der Waals surface area contributed by atoms with Crippen molar-refractivity contribution in [2.75, 3.05) is 19.8 Å². The molecule has 1 heterocycles. The molecule has 118 valence electrons. The number of halogens is 1. The first-order chi connectivity index (χ1) is 10.0. The minimum absolute atomic E-state index is 0.105. The first-order valence-corrected chi connectivity index (χ1v) is 7.37. The maximum absolute atomic E-state index is 13.4. The second kappa shape index (κ2) is 7.31. The number of aliphatic hydroxyl groups excluding tert-OH is 1. The summed E-state index contributed by atoms with van der Waals surface area (Å²) in [5.74, 6) is -0.283. The third kappa shape index (κ3) is 4.48. The van der Waals surface area contributed by atoms with E-state index in [0.29, 0.717) is 12.1 Å². The van der Waals surface area contributed by atoms with E-state index in [0.717, 1.165) is 13.0 Å². The Kier molecular flexibility index (Phi) is 5.70. The third-order valence-corrected chi connectivity index (χ3v) is 4.15. The molecule has 1 fully saturated rings. The molecule has 2 N–H and O–H groups in total. The van der Waals surface area contributed by atoms with E-state index in [1.165, 1.54) is 6.07 Å². The van der Waals surface area contributed by atoms with E-state index in [1.54, 1.807) is 18.2 Å². The summed E-state index contributed by atoms with van der Waals surface area (Å²) in [5.41, 5.74) is 0.398. The topological polar surface area (TPSA) is 50.7 Å². The van der Waals surface area contributed by atoms with Crippen LogP contribution in [0.5, 0.6) is 0 Å². The Bertz CT molecular complexity index is 457. The van der Waals surface area contributed by atoms with Crippen molar-refractivity contribution in [3.8, 4) is 0 Å². The first kappa shape index (κ1) is 16.4. The average Bonchev–Trinajstić information content (AvgIpc) is 2.79. The maximum Gasteiger partial charge on any atom is 0.128 e. The Labute approximate surface area is 125 Å². The lowest BCUT2D eigenvalue weighted by Crippen LogP contribution is -2.50. The molecule has 1 aliphatic rings. The molecular weight excluding hydrogens is 273 g/mol. The van der Waals surface area contributed by atoms with Crippen LogP contribution in [0, 0.1) is 5.82 Å². The Morgan fingerprint density at radius 1 is 1.52 bits per heavy atom. The highest BCUT2D eigenvalue weighted by atomic mass is 19.1. The van der Waals surface area contributed by atoms with Gasteiger partial charge in [0.15, 0.2) is 0 Å². The maximum atomic E-state index is 13.4. The van der Waals surface area contributed by atoms with Crippen LogP contribution in [0.15, 0.2) is 24.3 Å². The highest BCUT2D eigenvalue weighted by Gasteiger charge is 2.36. The van der Waals surface area contributed by atoms with Crippen LogP contribution in [-0.2, 0) is 16.1 Å². The minimum Gasteiger partial charge on any atom is -0.389 e. The van der Waals surface area contributed by atoms with Gasteiger partial charge in [-0.05, 0) is 26.3 Å². The number of ether oxygens (including phenoxy) is 2. The Morgan fingerprint density at radius 2 is 2.29 bits per heavy atom. The van der Waals surface area contributed by atoms with Crippen LogP contribution in [0.25, 0.3) is 0 Å². The fraction of sp³-hybridized carbons (Fsp3) is 0.625. The molecule has 1 saturated heterocycles. The molecule has 1 aliphatic heterocycles. The Balaban J connectivity index is 1.68. The molecule has 2 rings (SSSR count). The fourth-order valence-corrected chi connectivity index (χ4v) is 2.40. The zero-order valence-electron chi connectivity index (χ0n) is 12.6. The molecule has 0 aromatic heterocycles. The third-order valence-electron chi connectivity index (χ3n) is 4.15. The molecule has 1 aromatic rings. The molecule has 5 heteroatoms. The SMILES string of the molecule is CC1OCCC1(C)NCC(O)COCc1ccccc1F. The number of hydrogen-bond donors (Lipinski definition) is 2. The summed E-state index contributed by atoms with van der Waals surface area (Å²) in [4.78, 5) is 0. The van der Waals surface area contributed by atoms with E-state index < -0.39 is 6.10 Å². The number of benzene rings is 1. The lowest BCUT2D eigenvalue weighted by atomic mass is 9.94. The molecule has 0 amide bonds. The standard InChI is InChI=1S/C16H24FNO3/c1-12-16(2,7-8-21-12)18-9-14(19)11-20-10-13-5-3-4-6-15(13)17/h3-6,12,14,18-19H,7-11H2,1-2H3. The number of nitrogens with one attached hydrogen (secondary N) is 1. The normalized spacial score (nSPS) is 27.0. The van der Waals surface area contributed by atoms with Crippen molar-refractivity contribution in [1.29, 1.82) is 0 Å². The van der Waals surface area contributed by atoms with E-state index in [2.05, 4.69) is 12.2 Å². The van der Waals surface area contributed by atoms with Crippen molar-refractivity contribution >= 4 is 0 Å². The van der Waals surface area contributed by atoms with Crippen LogP contribution in [0.1, 0.15) is 25.8 Å². The van der Waals surface area contributed by atoms with E-state index in [4.69, 9.17) is 9.47 Å². The summed E-state index contributed by atoms with van der Waals surface area (Å²) in [5, 5.41) is 13.3. The predicted octanol–water partition coefficient (Wildman–Crippen LogP) is 1.86. The van der Waals surface area contributed by atoms with E-state index in [9.17, 15) is 9.50 Å². The highest BCUT2D eigenvalue weighted by molar-refractivity contribution is 5.16. The van der Waals surface area contributed by atoms with Crippen LogP contribution in [0.4, 0.5) is 4.39 Å². The van der Waals surface area contributed by atoms with Crippen molar-refractivity contribution in [2.45, 2.75) is 44.6 Å². The molecule has 3 unspecified atom stereocenters. The summed E-state index contributed by atoms with van der Waals surface area (Å²) in [6.45, 7) is 5.64. The molecule has 21 heavy (non-hydrogen) atoms. The van der Waals surface area contributed by atoms with Crippen LogP contribution in [-0.4, -0.2) is 42.6 Å². The van der Waals surface area contributed by atoms with Gasteiger partial charge in [-0.15, -0.1) is 0 Å². The van der Waals surface area contributed by atoms with E-state index >= 15 is 0 Å². The van der Waals surface area contributed by atoms with Crippen LogP contribution in [0.3, 0.4) is 0 Å². The molecule has 3 atom stereocenters. The lowest BCUT2D eigenvalue weighted by Gasteiger charge is -2.30. The fourth-order valence-electron chi connectivity index (χ4n) is 2.40. The van der Waals surface area contributed by atoms with Gasteiger partial charge in [-0.25, -0.2) is 4.39 Å². The largest absolute Gasteiger partial charge is 0.389 e. The van der Waals surface area contributed by atoms with Gasteiger partial charge in [0.05, 0.1) is 25.4 Å². The number of rotatable bonds is 7. The smallest absolute Gasteiger partial charge is 0.128 e. The van der Waals surface area contributed by atoms with Crippen molar-refractivity contribution in [3.05, 3.63) is 35.6 Å². The van der Waals surface area contributed by atoms with E-state index in [1.807, 2.05) is 6.92 Å². The molecule has 0 aliphatic carbocycles. The average molecular weight is 297 g/mol. The highest BCUT2D eigenvalue weighted by Crippen LogP contribution is 2.24. The molecule has 0 spiro atoms. The molecule has 1 aromatic carbocycles. The Hall–Kier alpha value is -1.01. The first-order valence-electron chi connectivity index (χ1n) is 7.37. The number of β-amino-alcohol motifs (C(OH)–C–C–N with tert-alkyl or cyclic N) is 1. The quantitative estimate of drug-likeness (QED) is 0.806. The molecule has 0 bridgehead atoms. The van der Waals surface area contributed by atoms with Gasteiger partial charge in [0.1, 0.15) is 5.82 Å². The molecular formula is C16H24FNO3. The zero-order valence-corrected chi connectivity index (χ0v) is 12.6. The van der Waals surface area contributed by atoms with Gasteiger partial charge in [0, 0.05) is 24.3 Å². The summed E-state index contributed by atoms with van der Waals surface area (Å²) in [6, 6.07) is 6.49. The summed E-state index contributed by atoms with van der Waals surface area (Å²) in [6.07, 6.45) is 0.433. The zero-order chi connectivity index (χ0) is 15.3. The van der Waals surface area contributed by atoms with Crippen LogP contribution in [0.2, 0.25) is 0 Å². The second-order valence-corrected chi connectivity index (χ2v) is 5.82. The molecule has 0 saturated carbocycles. The number of hydrogen-bond acceptors (Lipinski definition) is 4. The van der Waals surface area contributed by atoms with Gasteiger partial charge < -0.3 is 19.9 Å². The van der Waals surface area contributed by atoms with Gasteiger partial charge >= 0.3 is 0 Å². The van der Waals surface area contributed by atoms with Crippen molar-refractivity contribution < 1.29 is 19.0 Å². The van der Waals surface area contributed by atoms with Crippen molar-refractivity contribution in [2.24, 2.45) is 0 Å². The molecule has 4 nitrogen and oxygen atoms in total.